The predicted octanol–water partition coefficient (Wildman–Crippen LogP) is 6.95. The molecule has 6 aliphatic rings. The number of ether oxygens (including phenoxy) is 2. The van der Waals surface area contributed by atoms with E-state index >= 15 is 0 Å². The van der Waals surface area contributed by atoms with Crippen molar-refractivity contribution in [3.8, 4) is 11.5 Å². The maximum Gasteiger partial charge on any atom is 0.161 e. The lowest BCUT2D eigenvalue weighted by atomic mass is 9.48. The summed E-state index contributed by atoms with van der Waals surface area (Å²) in [5, 5.41) is 11.8. The van der Waals surface area contributed by atoms with Crippen LogP contribution in [0.2, 0.25) is 0 Å². The lowest BCUT2D eigenvalue weighted by Crippen LogP contribution is -2.52. The van der Waals surface area contributed by atoms with E-state index in [1.54, 1.807) is 12.7 Å². The molecule has 3 saturated carbocycles. The van der Waals surface area contributed by atoms with Gasteiger partial charge in [0.2, 0.25) is 0 Å². The van der Waals surface area contributed by atoms with Crippen LogP contribution in [-0.2, 0) is 0 Å². The van der Waals surface area contributed by atoms with Crippen LogP contribution < -0.4 is 9.47 Å². The van der Waals surface area contributed by atoms with Crippen molar-refractivity contribution in [2.24, 2.45) is 28.6 Å². The Morgan fingerprint density at radius 1 is 0.952 bits per heavy atom. The zero-order chi connectivity index (χ0) is 28.9. The Hall–Kier alpha value is -1.82. The first-order valence-corrected chi connectivity index (χ1v) is 17.2. The number of likely N-dealkylation sites (tertiary alicyclic amines) is 2. The van der Waals surface area contributed by atoms with E-state index < -0.39 is 0 Å². The third kappa shape index (κ3) is 5.06. The van der Waals surface area contributed by atoms with E-state index in [9.17, 15) is 5.11 Å². The summed E-state index contributed by atoms with van der Waals surface area (Å²) in [4.78, 5) is 5.26. The molecule has 1 aromatic carbocycles. The largest absolute Gasteiger partial charge is 0.493 e. The van der Waals surface area contributed by atoms with Gasteiger partial charge in [-0.15, -0.1) is 0 Å². The van der Waals surface area contributed by atoms with Crippen LogP contribution in [0.4, 0.5) is 0 Å². The molecule has 2 saturated heterocycles. The molecule has 0 unspecified atom stereocenters. The normalized spacial score (nSPS) is 39.6. The van der Waals surface area contributed by atoms with Gasteiger partial charge in [-0.05, 0) is 143 Å². The highest BCUT2D eigenvalue weighted by molar-refractivity contribution is 5.60. The SMILES string of the molecule is COc1cc(/C=C2/C[C@H]3[C@@H]4CC=C5C[C@@H](N6CCCC6)CC[C@]5(C)[C@H]4CC[C@]3(C)[C@H]2O)ccc1OCCN1CCCC1. The number of rotatable bonds is 7. The first-order valence-electron chi connectivity index (χ1n) is 17.2. The lowest BCUT2D eigenvalue weighted by Gasteiger charge is -2.58. The van der Waals surface area contributed by atoms with Crippen LogP contribution in [0.3, 0.4) is 0 Å². The summed E-state index contributed by atoms with van der Waals surface area (Å²) in [6.07, 6.45) is 18.6. The first kappa shape index (κ1) is 28.9. The van der Waals surface area contributed by atoms with Crippen LogP contribution in [0.5, 0.6) is 11.5 Å². The van der Waals surface area contributed by atoms with Crippen LogP contribution in [0.15, 0.2) is 35.4 Å². The maximum atomic E-state index is 11.8. The molecule has 4 aliphatic carbocycles. The average Bonchev–Trinajstić information content (AvgIpc) is 3.76. The number of nitrogens with zero attached hydrogens (tertiary/aromatic N) is 2. The minimum atomic E-state index is -0.366. The minimum Gasteiger partial charge on any atom is -0.493 e. The highest BCUT2D eigenvalue weighted by atomic mass is 16.5. The van der Waals surface area contributed by atoms with Crippen LogP contribution >= 0.6 is 0 Å². The standard InChI is InChI=1S/C37H54N2O3/c1-36-14-12-29(39-18-6-7-19-39)25-28(36)9-10-30-31(36)13-15-37(2)32(30)24-27(35(37)40)22-26-8-11-33(34(23-26)41-3)42-21-20-38-16-4-5-17-38/h8-9,11,22-23,29-32,35,40H,4-7,10,12-21,24-25H2,1-3H3/b27-22-/t29-,30+,31-,32-,35-,36-,37-/m0/s1. The number of allylic oxidation sites excluding steroid dienone is 1. The second-order valence-corrected chi connectivity index (χ2v) is 15.1. The Kier molecular flexibility index (Phi) is 7.99. The fourth-order valence-electron chi connectivity index (χ4n) is 10.5. The molecule has 7 rings (SSSR count). The third-order valence-electron chi connectivity index (χ3n) is 13.0. The molecule has 5 heteroatoms. The topological polar surface area (TPSA) is 45.2 Å². The van der Waals surface area contributed by atoms with Crippen molar-refractivity contribution in [3.63, 3.8) is 0 Å². The van der Waals surface area contributed by atoms with Gasteiger partial charge >= 0.3 is 0 Å². The molecule has 2 aliphatic heterocycles. The second-order valence-electron chi connectivity index (χ2n) is 15.1. The van der Waals surface area contributed by atoms with Gasteiger partial charge < -0.3 is 19.5 Å². The van der Waals surface area contributed by atoms with Gasteiger partial charge in [0, 0.05) is 18.0 Å². The number of hydrogen-bond acceptors (Lipinski definition) is 5. The van der Waals surface area contributed by atoms with Gasteiger partial charge in [-0.2, -0.15) is 0 Å². The summed E-state index contributed by atoms with van der Waals surface area (Å²) in [6, 6.07) is 7.05. The Morgan fingerprint density at radius 2 is 1.74 bits per heavy atom. The maximum absolute atomic E-state index is 11.8. The van der Waals surface area contributed by atoms with Crippen LogP contribution in [0, 0.1) is 28.6 Å². The quantitative estimate of drug-likeness (QED) is 0.357. The van der Waals surface area contributed by atoms with Gasteiger partial charge in [0.05, 0.1) is 13.2 Å². The Bertz CT molecular complexity index is 1200. The van der Waals surface area contributed by atoms with Crippen molar-refractivity contribution in [1.29, 1.82) is 0 Å². The van der Waals surface area contributed by atoms with E-state index in [0.29, 0.717) is 23.9 Å². The predicted molar refractivity (Wildman–Crippen MR) is 170 cm³/mol. The van der Waals surface area contributed by atoms with Gasteiger partial charge in [-0.25, -0.2) is 0 Å². The smallest absolute Gasteiger partial charge is 0.161 e. The minimum absolute atomic E-state index is 0.0236. The Morgan fingerprint density at radius 3 is 2.52 bits per heavy atom. The van der Waals surface area contributed by atoms with Gasteiger partial charge in [0.25, 0.3) is 0 Å². The molecule has 1 aromatic rings. The fraction of sp³-hybridized carbons (Fsp3) is 0.730. The van der Waals surface area contributed by atoms with Gasteiger partial charge in [0.15, 0.2) is 11.5 Å². The molecular formula is C37H54N2O3. The average molecular weight is 575 g/mol. The summed E-state index contributed by atoms with van der Waals surface area (Å²) in [6.45, 7) is 11.7. The zero-order valence-corrected chi connectivity index (χ0v) is 26.5. The summed E-state index contributed by atoms with van der Waals surface area (Å²) in [5.74, 6) is 3.59. The van der Waals surface area contributed by atoms with Gasteiger partial charge in [-0.3, -0.25) is 4.90 Å². The highest BCUT2D eigenvalue weighted by Gasteiger charge is 2.59. The highest BCUT2D eigenvalue weighted by Crippen LogP contribution is 2.66. The van der Waals surface area contributed by atoms with E-state index in [-0.39, 0.29) is 11.5 Å². The Balaban J connectivity index is 1.06. The van der Waals surface area contributed by atoms with Crippen molar-refractivity contribution in [2.45, 2.75) is 96.6 Å². The molecule has 0 aromatic heterocycles. The number of hydrogen-bond donors (Lipinski definition) is 1. The molecule has 42 heavy (non-hydrogen) atoms. The van der Waals surface area contributed by atoms with Crippen molar-refractivity contribution < 1.29 is 14.6 Å². The van der Waals surface area contributed by atoms with Crippen molar-refractivity contribution in [1.82, 2.24) is 9.80 Å². The van der Waals surface area contributed by atoms with Crippen molar-refractivity contribution in [2.75, 3.05) is 46.4 Å². The molecule has 0 bridgehead atoms. The van der Waals surface area contributed by atoms with Crippen LogP contribution in [0.1, 0.15) is 90.0 Å². The number of aliphatic hydroxyl groups is 1. The summed E-state index contributed by atoms with van der Waals surface area (Å²) >= 11 is 0. The summed E-state index contributed by atoms with van der Waals surface area (Å²) in [5.41, 5.74) is 4.43. The third-order valence-corrected chi connectivity index (χ3v) is 13.0. The Labute approximate surface area is 254 Å². The fourth-order valence-corrected chi connectivity index (χ4v) is 10.5. The molecule has 7 atom stereocenters. The number of methoxy groups -OCH3 is 1. The molecule has 0 spiro atoms. The van der Waals surface area contributed by atoms with Gasteiger partial charge in [-0.1, -0.05) is 37.6 Å². The molecule has 1 N–H and O–H groups in total. The van der Waals surface area contributed by atoms with Crippen LogP contribution in [0.25, 0.3) is 6.08 Å². The van der Waals surface area contributed by atoms with E-state index in [4.69, 9.17) is 9.47 Å². The van der Waals surface area contributed by atoms with E-state index in [2.05, 4.69) is 47.9 Å². The molecule has 230 valence electrons. The second kappa shape index (κ2) is 11.6. The number of fused-ring (bicyclic) bond motifs is 5. The molecular weight excluding hydrogens is 520 g/mol. The molecule has 2 heterocycles. The number of aliphatic hydroxyl groups excluding tert-OH is 1. The monoisotopic (exact) mass is 574 g/mol. The molecule has 0 radical (unpaired) electrons. The van der Waals surface area contributed by atoms with Gasteiger partial charge in [0.1, 0.15) is 6.61 Å². The molecule has 0 amide bonds. The summed E-state index contributed by atoms with van der Waals surface area (Å²) < 4.78 is 11.9. The summed E-state index contributed by atoms with van der Waals surface area (Å²) in [7, 11) is 1.73. The van der Waals surface area contributed by atoms with E-state index in [1.165, 1.54) is 89.5 Å². The number of benzene rings is 1. The lowest BCUT2D eigenvalue weighted by molar-refractivity contribution is -0.0662. The first-order chi connectivity index (χ1) is 20.4. The van der Waals surface area contributed by atoms with Crippen molar-refractivity contribution in [3.05, 3.63) is 41.0 Å². The van der Waals surface area contributed by atoms with Crippen LogP contribution in [-0.4, -0.2) is 73.5 Å². The van der Waals surface area contributed by atoms with E-state index in [0.717, 1.165) is 48.4 Å². The molecule has 5 fully saturated rings. The van der Waals surface area contributed by atoms with Crippen molar-refractivity contribution >= 4 is 6.08 Å². The molecule has 5 nitrogen and oxygen atoms in total. The van der Waals surface area contributed by atoms with E-state index in [1.807, 2.05) is 6.07 Å². The zero-order valence-electron chi connectivity index (χ0n) is 26.5.